The first-order valence-electron chi connectivity index (χ1n) is 6.97. The molecular formula is C16H22N2O3. The first-order valence-corrected chi connectivity index (χ1v) is 6.97. The number of aliphatic hydroxyl groups is 1. The highest BCUT2D eigenvalue weighted by molar-refractivity contribution is 5.31. The van der Waals surface area contributed by atoms with Gasteiger partial charge in [0.2, 0.25) is 0 Å². The summed E-state index contributed by atoms with van der Waals surface area (Å²) in [6.45, 7) is 4.01. The zero-order valence-corrected chi connectivity index (χ0v) is 12.9. The lowest BCUT2D eigenvalue weighted by Crippen LogP contribution is -2.19. The van der Waals surface area contributed by atoms with Crippen molar-refractivity contribution in [2.45, 2.75) is 32.1 Å². The monoisotopic (exact) mass is 290 g/mol. The first-order chi connectivity index (χ1) is 10.1. The molecule has 0 fully saturated rings. The minimum absolute atomic E-state index is 0.117. The summed E-state index contributed by atoms with van der Waals surface area (Å²) in [5.41, 5.74) is 1.54. The van der Waals surface area contributed by atoms with Gasteiger partial charge in [0.15, 0.2) is 5.75 Å². The molecule has 0 aliphatic rings. The molecule has 1 heterocycles. The van der Waals surface area contributed by atoms with Crippen molar-refractivity contribution < 1.29 is 14.6 Å². The lowest BCUT2D eigenvalue weighted by Gasteiger charge is -2.24. The summed E-state index contributed by atoms with van der Waals surface area (Å²) in [7, 11) is 3.16. The van der Waals surface area contributed by atoms with Gasteiger partial charge >= 0.3 is 0 Å². The van der Waals surface area contributed by atoms with Crippen LogP contribution in [0.1, 0.15) is 43.4 Å². The van der Waals surface area contributed by atoms with Gasteiger partial charge in [0.1, 0.15) is 17.9 Å². The van der Waals surface area contributed by atoms with Crippen molar-refractivity contribution in [3.05, 3.63) is 47.8 Å². The van der Waals surface area contributed by atoms with Crippen molar-refractivity contribution >= 4 is 0 Å². The fourth-order valence-corrected chi connectivity index (χ4v) is 2.44. The van der Waals surface area contributed by atoms with Crippen molar-refractivity contribution in [2.75, 3.05) is 14.2 Å². The minimum Gasteiger partial charge on any atom is -0.493 e. The van der Waals surface area contributed by atoms with Gasteiger partial charge in [-0.3, -0.25) is 4.68 Å². The van der Waals surface area contributed by atoms with Crippen LogP contribution in [0.25, 0.3) is 0 Å². The smallest absolute Gasteiger partial charge is 0.162 e. The Morgan fingerprint density at radius 1 is 1.14 bits per heavy atom. The van der Waals surface area contributed by atoms with Crippen molar-refractivity contribution in [2.24, 2.45) is 0 Å². The van der Waals surface area contributed by atoms with Crippen LogP contribution in [0.5, 0.6) is 5.75 Å². The number of aromatic nitrogens is 2. The molecule has 0 saturated heterocycles. The number of aliphatic hydroxyl groups excluding tert-OH is 1. The predicted octanol–water partition coefficient (Wildman–Crippen LogP) is 2.89. The lowest BCUT2D eigenvalue weighted by atomic mass is 10.0. The molecule has 114 valence electrons. The molecule has 1 N–H and O–H groups in total. The molecule has 2 aromatic rings. The van der Waals surface area contributed by atoms with E-state index in [9.17, 15) is 5.11 Å². The van der Waals surface area contributed by atoms with Crippen molar-refractivity contribution in [1.82, 2.24) is 9.78 Å². The third-order valence-electron chi connectivity index (χ3n) is 3.46. The number of ether oxygens (including phenoxy) is 2. The van der Waals surface area contributed by atoms with Crippen LogP contribution >= 0.6 is 0 Å². The average molecular weight is 290 g/mol. The molecule has 0 spiro atoms. The molecule has 2 unspecified atom stereocenters. The van der Waals surface area contributed by atoms with E-state index in [2.05, 4.69) is 5.10 Å². The van der Waals surface area contributed by atoms with Gasteiger partial charge in [-0.15, -0.1) is 0 Å². The minimum atomic E-state index is -0.864. The van der Waals surface area contributed by atoms with Crippen molar-refractivity contribution in [1.29, 1.82) is 0 Å². The number of hydrogen-bond donors (Lipinski definition) is 1. The fourth-order valence-electron chi connectivity index (χ4n) is 2.44. The van der Waals surface area contributed by atoms with Crippen LogP contribution in [0.2, 0.25) is 0 Å². The van der Waals surface area contributed by atoms with Crippen molar-refractivity contribution in [3.63, 3.8) is 0 Å². The maximum Gasteiger partial charge on any atom is 0.162 e. The van der Waals surface area contributed by atoms with Crippen LogP contribution in [-0.4, -0.2) is 29.1 Å². The Hall–Kier alpha value is -1.85. The zero-order valence-electron chi connectivity index (χ0n) is 12.9. The average Bonchev–Trinajstić information content (AvgIpc) is 2.93. The van der Waals surface area contributed by atoms with Gasteiger partial charge in [0, 0.05) is 13.2 Å². The number of rotatable bonds is 6. The third-order valence-corrected chi connectivity index (χ3v) is 3.46. The van der Waals surface area contributed by atoms with Gasteiger partial charge in [0.25, 0.3) is 0 Å². The van der Waals surface area contributed by atoms with E-state index in [0.717, 1.165) is 5.56 Å². The highest BCUT2D eigenvalue weighted by Gasteiger charge is 2.29. The molecule has 0 amide bonds. The maximum atomic E-state index is 10.8. The number of methoxy groups -OCH3 is 2. The van der Waals surface area contributed by atoms with E-state index >= 15 is 0 Å². The Kier molecular flexibility index (Phi) is 4.98. The summed E-state index contributed by atoms with van der Waals surface area (Å²) in [5, 5.41) is 15.1. The van der Waals surface area contributed by atoms with E-state index in [0.29, 0.717) is 11.4 Å². The van der Waals surface area contributed by atoms with Gasteiger partial charge in [-0.1, -0.05) is 30.3 Å². The molecule has 0 saturated carbocycles. The molecule has 0 aliphatic heterocycles. The van der Waals surface area contributed by atoms with E-state index in [1.807, 2.05) is 44.2 Å². The predicted molar refractivity (Wildman–Crippen MR) is 80.3 cm³/mol. The molecule has 0 bridgehead atoms. The van der Waals surface area contributed by atoms with Crippen LogP contribution in [-0.2, 0) is 4.74 Å². The highest BCUT2D eigenvalue weighted by Crippen LogP contribution is 2.37. The van der Waals surface area contributed by atoms with Crippen molar-refractivity contribution in [3.8, 4) is 5.75 Å². The summed E-state index contributed by atoms with van der Waals surface area (Å²) in [4.78, 5) is 0. The molecule has 2 rings (SSSR count). The molecule has 1 aromatic heterocycles. The molecule has 2 atom stereocenters. The van der Waals surface area contributed by atoms with E-state index in [-0.39, 0.29) is 6.04 Å². The number of nitrogens with zero attached hydrogens (tertiary/aromatic N) is 2. The van der Waals surface area contributed by atoms with E-state index < -0.39 is 12.2 Å². The Labute approximate surface area is 125 Å². The van der Waals surface area contributed by atoms with Crippen LogP contribution in [0.4, 0.5) is 0 Å². The normalized spacial score (nSPS) is 14.2. The Balaban J connectivity index is 2.42. The molecule has 0 radical (unpaired) electrons. The molecule has 21 heavy (non-hydrogen) atoms. The lowest BCUT2D eigenvalue weighted by molar-refractivity contribution is -0.0207. The molecular weight excluding hydrogens is 268 g/mol. The molecule has 5 nitrogen and oxygen atoms in total. The largest absolute Gasteiger partial charge is 0.493 e. The third kappa shape index (κ3) is 3.09. The Morgan fingerprint density at radius 2 is 1.81 bits per heavy atom. The van der Waals surface area contributed by atoms with Gasteiger partial charge in [-0.05, 0) is 19.4 Å². The standard InChI is InChI=1S/C16H22N2O3/c1-11(2)18-14(13(20-3)10-17-18)15(19)16(21-4)12-8-6-5-7-9-12/h5-11,15-16,19H,1-4H3. The maximum absolute atomic E-state index is 10.8. The second-order valence-electron chi connectivity index (χ2n) is 5.15. The van der Waals surface area contributed by atoms with E-state index in [4.69, 9.17) is 9.47 Å². The second kappa shape index (κ2) is 6.74. The number of benzene rings is 1. The van der Waals surface area contributed by atoms with Gasteiger partial charge in [-0.2, -0.15) is 5.10 Å². The summed E-state index contributed by atoms with van der Waals surface area (Å²) in [6, 6.07) is 9.75. The van der Waals surface area contributed by atoms with E-state index in [1.54, 1.807) is 25.1 Å². The first kappa shape index (κ1) is 15.5. The van der Waals surface area contributed by atoms with Crippen LogP contribution in [0.15, 0.2) is 36.5 Å². The van der Waals surface area contributed by atoms with Crippen LogP contribution < -0.4 is 4.74 Å². The summed E-state index contributed by atoms with van der Waals surface area (Å²) in [5.74, 6) is 0.564. The summed E-state index contributed by atoms with van der Waals surface area (Å²) < 4.78 is 12.6. The number of hydrogen-bond acceptors (Lipinski definition) is 4. The Bertz CT molecular complexity index is 566. The summed E-state index contributed by atoms with van der Waals surface area (Å²) >= 11 is 0. The summed E-state index contributed by atoms with van der Waals surface area (Å²) in [6.07, 6.45) is 0.280. The fraction of sp³-hybridized carbons (Fsp3) is 0.438. The highest BCUT2D eigenvalue weighted by atomic mass is 16.5. The van der Waals surface area contributed by atoms with Crippen LogP contribution in [0.3, 0.4) is 0 Å². The SMILES string of the molecule is COc1cnn(C(C)C)c1C(O)C(OC)c1ccccc1. The topological polar surface area (TPSA) is 56.5 Å². The van der Waals surface area contributed by atoms with Gasteiger partial charge in [-0.25, -0.2) is 0 Å². The molecule has 1 aromatic carbocycles. The van der Waals surface area contributed by atoms with E-state index in [1.165, 1.54) is 0 Å². The van der Waals surface area contributed by atoms with Gasteiger partial charge < -0.3 is 14.6 Å². The quantitative estimate of drug-likeness (QED) is 0.888. The molecule has 5 heteroatoms. The van der Waals surface area contributed by atoms with Crippen LogP contribution in [0, 0.1) is 0 Å². The Morgan fingerprint density at radius 3 is 2.33 bits per heavy atom. The second-order valence-corrected chi connectivity index (χ2v) is 5.15. The van der Waals surface area contributed by atoms with Gasteiger partial charge in [0.05, 0.1) is 13.3 Å². The zero-order chi connectivity index (χ0) is 15.4. The molecule has 0 aliphatic carbocycles.